The van der Waals surface area contributed by atoms with Crippen LogP contribution >= 0.6 is 0 Å². The Hall–Kier alpha value is -2.24. The highest BCUT2D eigenvalue weighted by molar-refractivity contribution is 6.67. The van der Waals surface area contributed by atoms with E-state index in [1.807, 2.05) is 0 Å². The molecule has 110 valence electrons. The molecule has 1 fully saturated rings. The second-order valence-electron chi connectivity index (χ2n) is 4.75. The number of rotatable bonds is 3. The molecule has 1 aromatic heterocycles. The lowest BCUT2D eigenvalue weighted by Crippen LogP contribution is -2.37. The van der Waals surface area contributed by atoms with Gasteiger partial charge in [-0.3, -0.25) is 4.79 Å². The standard InChI is InChI=1S/C12H12BF3N4O/c14-12(15,16)9-5-10(19-8-21)11(18-6-9)20-3-1-13(7-17)2-4-20/h5-6,8H,1-4H2,(H,19,21). The Kier molecular flexibility index (Phi) is 4.36. The normalized spacial score (nSPS) is 15.5. The summed E-state index contributed by atoms with van der Waals surface area (Å²) >= 11 is 0. The fourth-order valence-electron chi connectivity index (χ4n) is 2.25. The van der Waals surface area contributed by atoms with E-state index < -0.39 is 11.7 Å². The number of nitrogens with zero attached hydrogens (tertiary/aromatic N) is 3. The highest BCUT2D eigenvalue weighted by atomic mass is 19.4. The molecule has 0 aromatic carbocycles. The molecular formula is C12H12BF3N4O. The van der Waals surface area contributed by atoms with Crippen LogP contribution in [-0.2, 0) is 11.0 Å². The molecule has 0 unspecified atom stereocenters. The van der Waals surface area contributed by atoms with Crippen LogP contribution in [0.15, 0.2) is 12.3 Å². The van der Waals surface area contributed by atoms with E-state index in [4.69, 9.17) is 5.26 Å². The molecule has 1 amide bonds. The third kappa shape index (κ3) is 3.45. The van der Waals surface area contributed by atoms with Gasteiger partial charge in [0.2, 0.25) is 6.41 Å². The summed E-state index contributed by atoms with van der Waals surface area (Å²) in [5.41, 5.74) is -0.891. The predicted octanol–water partition coefficient (Wildman–Crippen LogP) is 2.05. The van der Waals surface area contributed by atoms with Crippen molar-refractivity contribution in [3.63, 3.8) is 0 Å². The fraction of sp³-hybridized carbons (Fsp3) is 0.417. The van der Waals surface area contributed by atoms with Crippen LogP contribution in [0.3, 0.4) is 0 Å². The molecule has 0 saturated carbocycles. The molecule has 0 bridgehead atoms. The Morgan fingerprint density at radius 2 is 2.10 bits per heavy atom. The Morgan fingerprint density at radius 3 is 2.62 bits per heavy atom. The van der Waals surface area contributed by atoms with Gasteiger partial charge in [-0.15, -0.1) is 0 Å². The number of amides is 1. The number of nitriles is 1. The third-order valence-electron chi connectivity index (χ3n) is 3.39. The molecule has 1 aliphatic rings. The van der Waals surface area contributed by atoms with Crippen molar-refractivity contribution in [3.05, 3.63) is 17.8 Å². The predicted molar refractivity (Wildman–Crippen MR) is 72.1 cm³/mol. The number of halogens is 3. The topological polar surface area (TPSA) is 69.0 Å². The molecule has 1 aliphatic heterocycles. The Labute approximate surface area is 119 Å². The van der Waals surface area contributed by atoms with Gasteiger partial charge in [0.05, 0.1) is 11.3 Å². The molecule has 2 rings (SSSR count). The number of anilines is 2. The summed E-state index contributed by atoms with van der Waals surface area (Å²) in [7, 11) is 0. The molecule has 1 saturated heterocycles. The summed E-state index contributed by atoms with van der Waals surface area (Å²) in [4.78, 5) is 16.2. The number of nitrogens with one attached hydrogen (secondary N) is 1. The van der Waals surface area contributed by atoms with Gasteiger partial charge in [0.15, 0.2) is 5.82 Å². The van der Waals surface area contributed by atoms with Gasteiger partial charge in [0.1, 0.15) is 0 Å². The fourth-order valence-corrected chi connectivity index (χ4v) is 2.25. The zero-order chi connectivity index (χ0) is 15.5. The average molecular weight is 296 g/mol. The van der Waals surface area contributed by atoms with Crippen LogP contribution in [0.4, 0.5) is 24.7 Å². The number of pyridine rings is 1. The van der Waals surface area contributed by atoms with Gasteiger partial charge in [0.25, 0.3) is 6.71 Å². The van der Waals surface area contributed by atoms with Gasteiger partial charge in [-0.2, -0.15) is 13.2 Å². The van der Waals surface area contributed by atoms with E-state index >= 15 is 0 Å². The van der Waals surface area contributed by atoms with Gasteiger partial charge >= 0.3 is 6.18 Å². The van der Waals surface area contributed by atoms with Crippen molar-refractivity contribution in [1.82, 2.24) is 4.98 Å². The SMILES string of the molecule is N#CB1CCN(c2ncc(C(F)(F)F)cc2NC=O)CC1. The van der Waals surface area contributed by atoms with E-state index in [9.17, 15) is 18.0 Å². The minimum Gasteiger partial charge on any atom is -0.356 e. The van der Waals surface area contributed by atoms with Crippen molar-refractivity contribution < 1.29 is 18.0 Å². The maximum absolute atomic E-state index is 12.7. The lowest BCUT2D eigenvalue weighted by Gasteiger charge is -2.30. The van der Waals surface area contributed by atoms with Crippen LogP contribution in [0.5, 0.6) is 0 Å². The van der Waals surface area contributed by atoms with Crippen molar-refractivity contribution >= 4 is 24.6 Å². The quantitative estimate of drug-likeness (QED) is 0.684. The molecule has 1 aromatic rings. The van der Waals surface area contributed by atoms with Crippen LogP contribution in [0, 0.1) is 11.2 Å². The van der Waals surface area contributed by atoms with Crippen LogP contribution in [0.1, 0.15) is 5.56 Å². The molecule has 0 aliphatic carbocycles. The van der Waals surface area contributed by atoms with Gasteiger partial charge in [0, 0.05) is 25.3 Å². The van der Waals surface area contributed by atoms with Crippen LogP contribution < -0.4 is 10.2 Å². The van der Waals surface area contributed by atoms with Crippen molar-refractivity contribution in [3.8, 4) is 5.97 Å². The molecule has 21 heavy (non-hydrogen) atoms. The first-order chi connectivity index (χ1) is 9.95. The maximum Gasteiger partial charge on any atom is 0.417 e. The summed E-state index contributed by atoms with van der Waals surface area (Å²) in [5, 5.41) is 11.1. The number of hydrogen-bond acceptors (Lipinski definition) is 4. The lowest BCUT2D eigenvalue weighted by molar-refractivity contribution is -0.137. The highest BCUT2D eigenvalue weighted by Crippen LogP contribution is 2.34. The maximum atomic E-state index is 12.7. The van der Waals surface area contributed by atoms with Gasteiger partial charge in [-0.25, -0.2) is 10.2 Å². The first-order valence-electron chi connectivity index (χ1n) is 6.37. The largest absolute Gasteiger partial charge is 0.417 e. The number of hydrogen-bond donors (Lipinski definition) is 1. The molecule has 0 radical (unpaired) electrons. The van der Waals surface area contributed by atoms with Crippen LogP contribution in [-0.4, -0.2) is 31.2 Å². The van der Waals surface area contributed by atoms with Crippen LogP contribution in [0.2, 0.25) is 12.6 Å². The highest BCUT2D eigenvalue weighted by Gasteiger charge is 2.33. The third-order valence-corrected chi connectivity index (χ3v) is 3.39. The minimum absolute atomic E-state index is 0.0234. The summed E-state index contributed by atoms with van der Waals surface area (Å²) in [5.74, 6) is 2.47. The minimum atomic E-state index is -4.52. The molecule has 0 atom stereocenters. The first-order valence-corrected chi connectivity index (χ1v) is 6.37. The molecule has 2 heterocycles. The molecule has 9 heteroatoms. The number of aromatic nitrogens is 1. The van der Waals surface area contributed by atoms with Gasteiger partial charge in [-0.1, -0.05) is 0 Å². The number of carbonyl (C=O) groups excluding carboxylic acids is 1. The van der Waals surface area contributed by atoms with Gasteiger partial charge < -0.3 is 10.2 Å². The van der Waals surface area contributed by atoms with Crippen LogP contribution in [0.25, 0.3) is 0 Å². The van der Waals surface area contributed by atoms with E-state index in [0.29, 0.717) is 38.0 Å². The zero-order valence-corrected chi connectivity index (χ0v) is 11.0. The van der Waals surface area contributed by atoms with Crippen molar-refractivity contribution in [2.24, 2.45) is 0 Å². The molecule has 5 nitrogen and oxygen atoms in total. The number of alkyl halides is 3. The lowest BCUT2D eigenvalue weighted by atomic mass is 9.45. The van der Waals surface area contributed by atoms with E-state index in [2.05, 4.69) is 16.3 Å². The average Bonchev–Trinajstić information content (AvgIpc) is 2.47. The van der Waals surface area contributed by atoms with E-state index in [1.165, 1.54) is 0 Å². The summed E-state index contributed by atoms with van der Waals surface area (Å²) in [6, 6.07) is 0.868. The van der Waals surface area contributed by atoms with E-state index in [-0.39, 0.29) is 12.4 Å². The van der Waals surface area contributed by atoms with E-state index in [0.717, 1.165) is 12.3 Å². The molecule has 0 spiro atoms. The zero-order valence-electron chi connectivity index (χ0n) is 11.0. The Bertz CT molecular complexity index is 565. The summed E-state index contributed by atoms with van der Waals surface area (Å²) in [6.07, 6.45) is -2.19. The van der Waals surface area contributed by atoms with Crippen molar-refractivity contribution in [2.45, 2.75) is 18.8 Å². The Balaban J connectivity index is 2.27. The second-order valence-corrected chi connectivity index (χ2v) is 4.75. The summed E-state index contributed by atoms with van der Waals surface area (Å²) in [6.45, 7) is 0.993. The van der Waals surface area contributed by atoms with E-state index in [1.54, 1.807) is 4.90 Å². The monoisotopic (exact) mass is 296 g/mol. The second kappa shape index (κ2) is 6.03. The van der Waals surface area contributed by atoms with Crippen molar-refractivity contribution in [1.29, 1.82) is 5.26 Å². The molecule has 1 N–H and O–H groups in total. The molecular weight excluding hydrogens is 284 g/mol. The summed E-state index contributed by atoms with van der Waals surface area (Å²) < 4.78 is 38.0. The Morgan fingerprint density at radius 1 is 1.43 bits per heavy atom. The van der Waals surface area contributed by atoms with Crippen molar-refractivity contribution in [2.75, 3.05) is 23.3 Å². The smallest absolute Gasteiger partial charge is 0.356 e. The number of carbonyl (C=O) groups is 1. The van der Waals surface area contributed by atoms with Gasteiger partial charge in [-0.05, 0) is 18.7 Å². The first kappa shape index (κ1) is 15.2.